The van der Waals surface area contributed by atoms with E-state index in [0.717, 1.165) is 12.4 Å². The van der Waals surface area contributed by atoms with E-state index in [1.54, 1.807) is 0 Å². The molecule has 0 aliphatic rings. The van der Waals surface area contributed by atoms with Crippen molar-refractivity contribution >= 4 is 28.8 Å². The van der Waals surface area contributed by atoms with Crippen molar-refractivity contribution in [2.75, 3.05) is 11.5 Å². The molecule has 0 unspecified atom stereocenters. The summed E-state index contributed by atoms with van der Waals surface area (Å²) in [6, 6.07) is 1.26. The maximum atomic E-state index is 13.7. The summed E-state index contributed by atoms with van der Waals surface area (Å²) in [6.45, 7) is 0. The molecule has 0 aliphatic carbocycles. The highest BCUT2D eigenvalue weighted by Gasteiger charge is 2.19. The molecule has 0 amide bonds. The smallest absolute Gasteiger partial charge is 0.188 e. The van der Waals surface area contributed by atoms with Crippen molar-refractivity contribution in [1.82, 2.24) is 15.0 Å². The minimum atomic E-state index is -0.874. The number of nitrogens with zero attached hydrogens (tertiary/aromatic N) is 2. The van der Waals surface area contributed by atoms with E-state index in [4.69, 9.17) is 16.9 Å². The summed E-state index contributed by atoms with van der Waals surface area (Å²) in [5.41, 5.74) is 12.0. The molecule has 8 heteroatoms. The molecule has 3 aromatic rings. The SMILES string of the molecule is N=Cc1c(-c2c[nH]c3ncc(F)cc23)nc(N)c(F)c1N. The summed E-state index contributed by atoms with van der Waals surface area (Å²) >= 11 is 0. The van der Waals surface area contributed by atoms with E-state index >= 15 is 0 Å². The fraction of sp³-hybridized carbons (Fsp3) is 0. The van der Waals surface area contributed by atoms with Crippen LogP contribution in [0.3, 0.4) is 0 Å². The van der Waals surface area contributed by atoms with E-state index in [9.17, 15) is 8.78 Å². The quantitative estimate of drug-likeness (QED) is 0.540. The fourth-order valence-electron chi connectivity index (χ4n) is 2.14. The topological polar surface area (TPSA) is 117 Å². The highest BCUT2D eigenvalue weighted by Crippen LogP contribution is 2.33. The molecule has 0 aromatic carbocycles. The zero-order valence-electron chi connectivity index (χ0n) is 10.6. The first kappa shape index (κ1) is 13.0. The van der Waals surface area contributed by atoms with Gasteiger partial charge in [0.15, 0.2) is 11.6 Å². The summed E-state index contributed by atoms with van der Waals surface area (Å²) in [5.74, 6) is -1.78. The van der Waals surface area contributed by atoms with E-state index in [1.165, 1.54) is 12.3 Å². The van der Waals surface area contributed by atoms with Crippen LogP contribution in [0.15, 0.2) is 18.5 Å². The second kappa shape index (κ2) is 4.51. The number of nitrogen functional groups attached to an aromatic ring is 2. The van der Waals surface area contributed by atoms with Gasteiger partial charge in [0.25, 0.3) is 0 Å². The van der Waals surface area contributed by atoms with Gasteiger partial charge in [-0.2, -0.15) is 0 Å². The second-order valence-corrected chi connectivity index (χ2v) is 4.38. The molecule has 0 spiro atoms. The van der Waals surface area contributed by atoms with Gasteiger partial charge in [0, 0.05) is 28.9 Å². The van der Waals surface area contributed by atoms with Gasteiger partial charge in [-0.15, -0.1) is 0 Å². The van der Waals surface area contributed by atoms with Gasteiger partial charge in [-0.1, -0.05) is 0 Å². The maximum Gasteiger partial charge on any atom is 0.188 e. The lowest BCUT2D eigenvalue weighted by atomic mass is 10.0. The summed E-state index contributed by atoms with van der Waals surface area (Å²) in [5, 5.41) is 7.83. The van der Waals surface area contributed by atoms with E-state index < -0.39 is 11.6 Å². The van der Waals surface area contributed by atoms with Crippen molar-refractivity contribution in [2.24, 2.45) is 0 Å². The highest BCUT2D eigenvalue weighted by molar-refractivity contribution is 6.01. The largest absolute Gasteiger partial charge is 0.396 e. The Bertz CT molecular complexity index is 871. The monoisotopic (exact) mass is 288 g/mol. The lowest BCUT2D eigenvalue weighted by Crippen LogP contribution is -2.07. The second-order valence-electron chi connectivity index (χ2n) is 4.38. The normalized spacial score (nSPS) is 11.0. The molecule has 21 heavy (non-hydrogen) atoms. The number of hydrogen-bond acceptors (Lipinski definition) is 5. The van der Waals surface area contributed by atoms with Gasteiger partial charge in [0.05, 0.1) is 17.6 Å². The number of rotatable bonds is 2. The van der Waals surface area contributed by atoms with Crippen LogP contribution < -0.4 is 11.5 Å². The predicted octanol–water partition coefficient (Wildman–Crippen LogP) is 2.07. The predicted molar refractivity (Wildman–Crippen MR) is 76.0 cm³/mol. The van der Waals surface area contributed by atoms with Crippen LogP contribution in [0.1, 0.15) is 5.56 Å². The summed E-state index contributed by atoms with van der Waals surface area (Å²) in [7, 11) is 0. The number of fused-ring (bicyclic) bond motifs is 1. The Labute approximate surface area is 117 Å². The van der Waals surface area contributed by atoms with Crippen LogP contribution in [-0.2, 0) is 0 Å². The third-order valence-electron chi connectivity index (χ3n) is 3.14. The molecule has 0 bridgehead atoms. The average Bonchev–Trinajstić information content (AvgIpc) is 2.87. The van der Waals surface area contributed by atoms with Crippen molar-refractivity contribution in [3.8, 4) is 11.3 Å². The summed E-state index contributed by atoms with van der Waals surface area (Å²) < 4.78 is 27.0. The Morgan fingerprint density at radius 3 is 2.76 bits per heavy atom. The molecule has 3 heterocycles. The van der Waals surface area contributed by atoms with Crippen LogP contribution >= 0.6 is 0 Å². The Hall–Kier alpha value is -3.03. The summed E-state index contributed by atoms with van der Waals surface area (Å²) in [4.78, 5) is 10.7. The molecule has 0 aliphatic heterocycles. The van der Waals surface area contributed by atoms with E-state index in [-0.39, 0.29) is 22.8 Å². The Kier molecular flexibility index (Phi) is 2.79. The number of hydrogen-bond donors (Lipinski definition) is 4. The standard InChI is InChI=1S/C13H10F2N6/c14-5-1-6-8(4-20-13(6)19-3-5)11-7(2-16)10(17)9(15)12(18)21-11/h1-4,16H,(H,19,20)(H4,17,18,21). The van der Waals surface area contributed by atoms with E-state index in [0.29, 0.717) is 16.6 Å². The minimum Gasteiger partial charge on any atom is -0.396 e. The van der Waals surface area contributed by atoms with Crippen molar-refractivity contribution in [3.05, 3.63) is 35.7 Å². The van der Waals surface area contributed by atoms with Gasteiger partial charge >= 0.3 is 0 Å². The van der Waals surface area contributed by atoms with Crippen molar-refractivity contribution < 1.29 is 8.78 Å². The third kappa shape index (κ3) is 1.88. The van der Waals surface area contributed by atoms with Crippen molar-refractivity contribution in [2.45, 2.75) is 0 Å². The number of anilines is 2. The number of H-pyrrole nitrogens is 1. The lowest BCUT2D eigenvalue weighted by molar-refractivity contribution is 0.624. The van der Waals surface area contributed by atoms with Gasteiger partial charge in [0.2, 0.25) is 0 Å². The molecular formula is C13H10F2N6. The van der Waals surface area contributed by atoms with Crippen molar-refractivity contribution in [3.63, 3.8) is 0 Å². The third-order valence-corrected chi connectivity index (χ3v) is 3.14. The Morgan fingerprint density at radius 2 is 2.05 bits per heavy atom. The highest BCUT2D eigenvalue weighted by atomic mass is 19.1. The molecule has 0 atom stereocenters. The van der Waals surface area contributed by atoms with Crippen molar-refractivity contribution in [1.29, 1.82) is 5.41 Å². The van der Waals surface area contributed by atoms with Crippen LogP contribution in [0.2, 0.25) is 0 Å². The summed E-state index contributed by atoms with van der Waals surface area (Å²) in [6.07, 6.45) is 3.48. The van der Waals surface area contributed by atoms with Crippen LogP contribution in [0.4, 0.5) is 20.3 Å². The molecule has 0 fully saturated rings. The number of pyridine rings is 2. The number of aromatic amines is 1. The Morgan fingerprint density at radius 1 is 1.29 bits per heavy atom. The van der Waals surface area contributed by atoms with Crippen LogP contribution in [0, 0.1) is 17.0 Å². The van der Waals surface area contributed by atoms with E-state index in [2.05, 4.69) is 15.0 Å². The first-order chi connectivity index (χ1) is 10.0. The Balaban J connectivity index is 2.38. The molecule has 0 radical (unpaired) electrons. The lowest BCUT2D eigenvalue weighted by Gasteiger charge is -2.09. The molecule has 3 aromatic heterocycles. The van der Waals surface area contributed by atoms with Gasteiger partial charge in [-0.3, -0.25) is 0 Å². The maximum absolute atomic E-state index is 13.7. The number of nitrogens with one attached hydrogen (secondary N) is 2. The number of nitrogens with two attached hydrogens (primary N) is 2. The minimum absolute atomic E-state index is 0.0758. The van der Waals surface area contributed by atoms with Gasteiger partial charge in [0.1, 0.15) is 11.5 Å². The molecule has 6 N–H and O–H groups in total. The zero-order valence-corrected chi connectivity index (χ0v) is 10.6. The molecule has 3 rings (SSSR count). The fourth-order valence-corrected chi connectivity index (χ4v) is 2.14. The number of halogens is 2. The van der Waals surface area contributed by atoms with Crippen LogP contribution in [0.25, 0.3) is 22.3 Å². The zero-order chi connectivity index (χ0) is 15.1. The molecule has 106 valence electrons. The first-order valence-electron chi connectivity index (χ1n) is 5.91. The number of aromatic nitrogens is 3. The van der Waals surface area contributed by atoms with Crippen LogP contribution in [-0.4, -0.2) is 21.2 Å². The van der Waals surface area contributed by atoms with Gasteiger partial charge in [-0.25, -0.2) is 18.7 Å². The molecular weight excluding hydrogens is 278 g/mol. The average molecular weight is 288 g/mol. The van der Waals surface area contributed by atoms with Gasteiger partial charge in [-0.05, 0) is 6.07 Å². The van der Waals surface area contributed by atoms with Crippen LogP contribution in [0.5, 0.6) is 0 Å². The van der Waals surface area contributed by atoms with Gasteiger partial charge < -0.3 is 21.9 Å². The molecule has 6 nitrogen and oxygen atoms in total. The van der Waals surface area contributed by atoms with E-state index in [1.807, 2.05) is 0 Å². The molecule has 0 saturated heterocycles. The first-order valence-corrected chi connectivity index (χ1v) is 5.91. The molecule has 0 saturated carbocycles.